The molecule has 17 heavy (non-hydrogen) atoms. The van der Waals surface area contributed by atoms with E-state index in [1.807, 2.05) is 6.92 Å². The normalized spacial score (nSPS) is 17.4. The number of ether oxygens (including phenoxy) is 1. The number of hydrogen-bond acceptors (Lipinski definition) is 3. The molecule has 0 aliphatic carbocycles. The Balaban J connectivity index is 2.13. The van der Waals surface area contributed by atoms with Gasteiger partial charge in [0.05, 0.1) is 19.8 Å². The lowest BCUT2D eigenvalue weighted by Gasteiger charge is -2.38. The number of aliphatic hydroxyl groups is 1. The lowest BCUT2D eigenvalue weighted by atomic mass is 9.86. The van der Waals surface area contributed by atoms with Crippen LogP contribution in [-0.2, 0) is 9.53 Å². The van der Waals surface area contributed by atoms with Gasteiger partial charge in [-0.3, -0.25) is 4.79 Å². The van der Waals surface area contributed by atoms with Crippen LogP contribution in [0.15, 0.2) is 18.2 Å². The van der Waals surface area contributed by atoms with Crippen LogP contribution < -0.4 is 5.32 Å². The van der Waals surface area contributed by atoms with Crippen molar-refractivity contribution in [2.24, 2.45) is 5.41 Å². The number of carbonyl (C=O) groups excluding carboxylic acids is 1. The van der Waals surface area contributed by atoms with Gasteiger partial charge in [0, 0.05) is 10.7 Å². The van der Waals surface area contributed by atoms with Crippen molar-refractivity contribution >= 4 is 23.2 Å². The van der Waals surface area contributed by atoms with Gasteiger partial charge in [-0.05, 0) is 30.7 Å². The zero-order valence-corrected chi connectivity index (χ0v) is 10.3. The Labute approximate surface area is 105 Å². The number of hydrogen-bond donors (Lipinski definition) is 2. The standard InChI is InChI=1S/C12H14ClNO3/c1-8-4-9(13)2-3-10(8)14-11(16)12(5-15)6-17-7-12/h2-4,15H,5-7H2,1H3,(H,14,16). The largest absolute Gasteiger partial charge is 0.395 e. The van der Waals surface area contributed by atoms with Gasteiger partial charge in [0.15, 0.2) is 0 Å². The predicted octanol–water partition coefficient (Wildman–Crippen LogP) is 1.60. The van der Waals surface area contributed by atoms with Crippen molar-refractivity contribution < 1.29 is 14.6 Å². The van der Waals surface area contributed by atoms with Crippen molar-refractivity contribution in [3.05, 3.63) is 28.8 Å². The average molecular weight is 256 g/mol. The molecule has 1 amide bonds. The molecule has 1 fully saturated rings. The first kappa shape index (κ1) is 12.4. The molecule has 0 unspecified atom stereocenters. The zero-order chi connectivity index (χ0) is 12.5. The quantitative estimate of drug-likeness (QED) is 0.863. The molecule has 1 heterocycles. The summed E-state index contributed by atoms with van der Waals surface area (Å²) in [6, 6.07) is 5.24. The molecule has 1 aliphatic heterocycles. The maximum Gasteiger partial charge on any atom is 0.237 e. The molecule has 2 N–H and O–H groups in total. The van der Waals surface area contributed by atoms with E-state index in [4.69, 9.17) is 16.3 Å². The third kappa shape index (κ3) is 2.29. The number of rotatable bonds is 3. The fourth-order valence-corrected chi connectivity index (χ4v) is 1.89. The molecule has 1 aromatic rings. The van der Waals surface area contributed by atoms with Crippen molar-refractivity contribution in [3.63, 3.8) is 0 Å². The van der Waals surface area contributed by atoms with Crippen LogP contribution in [0.25, 0.3) is 0 Å². The number of aryl methyl sites for hydroxylation is 1. The van der Waals surface area contributed by atoms with Crippen LogP contribution in [0.2, 0.25) is 5.02 Å². The van der Waals surface area contributed by atoms with Crippen LogP contribution >= 0.6 is 11.6 Å². The molecule has 0 atom stereocenters. The van der Waals surface area contributed by atoms with Gasteiger partial charge in [0.25, 0.3) is 0 Å². The fraction of sp³-hybridized carbons (Fsp3) is 0.417. The average Bonchev–Trinajstić information content (AvgIpc) is 2.21. The maximum absolute atomic E-state index is 12.0. The SMILES string of the molecule is Cc1cc(Cl)ccc1NC(=O)C1(CO)COC1. The zero-order valence-electron chi connectivity index (χ0n) is 9.50. The summed E-state index contributed by atoms with van der Waals surface area (Å²) in [6.45, 7) is 2.19. The molecule has 0 spiro atoms. The number of halogens is 1. The second kappa shape index (κ2) is 4.64. The first-order chi connectivity index (χ1) is 8.07. The number of benzene rings is 1. The van der Waals surface area contributed by atoms with Crippen LogP contribution in [0.5, 0.6) is 0 Å². The topological polar surface area (TPSA) is 58.6 Å². The molecule has 1 aromatic carbocycles. The predicted molar refractivity (Wildman–Crippen MR) is 65.2 cm³/mol. The molecular formula is C12H14ClNO3. The van der Waals surface area contributed by atoms with E-state index in [2.05, 4.69) is 5.32 Å². The minimum Gasteiger partial charge on any atom is -0.395 e. The molecule has 92 valence electrons. The van der Waals surface area contributed by atoms with Crippen LogP contribution in [0.4, 0.5) is 5.69 Å². The van der Waals surface area contributed by atoms with Crippen LogP contribution in [0.3, 0.4) is 0 Å². The number of nitrogens with one attached hydrogen (secondary N) is 1. The summed E-state index contributed by atoms with van der Waals surface area (Å²) in [5.74, 6) is -0.211. The number of amides is 1. The van der Waals surface area contributed by atoms with Crippen molar-refractivity contribution in [2.45, 2.75) is 6.92 Å². The molecule has 0 aromatic heterocycles. The highest BCUT2D eigenvalue weighted by Gasteiger charge is 2.45. The highest BCUT2D eigenvalue weighted by molar-refractivity contribution is 6.30. The van der Waals surface area contributed by atoms with Gasteiger partial charge >= 0.3 is 0 Å². The molecule has 5 heteroatoms. The highest BCUT2D eigenvalue weighted by atomic mass is 35.5. The Morgan fingerprint density at radius 2 is 2.29 bits per heavy atom. The van der Waals surface area contributed by atoms with E-state index >= 15 is 0 Å². The molecule has 0 saturated carbocycles. The molecular weight excluding hydrogens is 242 g/mol. The Kier molecular flexibility index (Phi) is 3.38. The van der Waals surface area contributed by atoms with Crippen molar-refractivity contribution in [3.8, 4) is 0 Å². The van der Waals surface area contributed by atoms with E-state index in [-0.39, 0.29) is 25.7 Å². The Morgan fingerprint density at radius 3 is 2.76 bits per heavy atom. The Morgan fingerprint density at radius 1 is 1.59 bits per heavy atom. The summed E-state index contributed by atoms with van der Waals surface area (Å²) < 4.78 is 5.00. The van der Waals surface area contributed by atoms with Crippen molar-refractivity contribution in [2.75, 3.05) is 25.1 Å². The molecule has 0 bridgehead atoms. The third-order valence-corrected chi connectivity index (χ3v) is 3.21. The summed E-state index contributed by atoms with van der Waals surface area (Å²) in [5.41, 5.74) is 0.810. The lowest BCUT2D eigenvalue weighted by Crippen LogP contribution is -2.54. The van der Waals surface area contributed by atoms with Crippen molar-refractivity contribution in [1.82, 2.24) is 0 Å². The fourth-order valence-electron chi connectivity index (χ4n) is 1.66. The summed E-state index contributed by atoms with van der Waals surface area (Å²) in [7, 11) is 0. The van der Waals surface area contributed by atoms with E-state index < -0.39 is 5.41 Å². The van der Waals surface area contributed by atoms with E-state index in [9.17, 15) is 9.90 Å². The van der Waals surface area contributed by atoms with Gasteiger partial charge in [-0.25, -0.2) is 0 Å². The highest BCUT2D eigenvalue weighted by Crippen LogP contribution is 2.29. The molecule has 1 saturated heterocycles. The number of carbonyl (C=O) groups is 1. The minimum absolute atomic E-state index is 0.203. The molecule has 0 radical (unpaired) electrons. The van der Waals surface area contributed by atoms with Gasteiger partial charge in [0.1, 0.15) is 5.41 Å². The van der Waals surface area contributed by atoms with Gasteiger partial charge in [-0.1, -0.05) is 11.6 Å². The Bertz CT molecular complexity index is 438. The third-order valence-electron chi connectivity index (χ3n) is 2.98. The molecule has 4 nitrogen and oxygen atoms in total. The van der Waals surface area contributed by atoms with E-state index in [0.29, 0.717) is 10.7 Å². The van der Waals surface area contributed by atoms with Gasteiger partial charge in [0.2, 0.25) is 5.91 Å². The number of anilines is 1. The summed E-state index contributed by atoms with van der Waals surface area (Å²) in [5, 5.41) is 12.7. The maximum atomic E-state index is 12.0. The first-order valence-corrected chi connectivity index (χ1v) is 5.71. The van der Waals surface area contributed by atoms with E-state index in [1.54, 1.807) is 18.2 Å². The van der Waals surface area contributed by atoms with Crippen LogP contribution in [0, 0.1) is 12.3 Å². The van der Waals surface area contributed by atoms with E-state index in [0.717, 1.165) is 5.56 Å². The Hall–Kier alpha value is -1.10. The molecule has 1 aliphatic rings. The summed E-state index contributed by atoms with van der Waals surface area (Å²) in [4.78, 5) is 12.0. The smallest absolute Gasteiger partial charge is 0.237 e. The summed E-state index contributed by atoms with van der Waals surface area (Å²) in [6.07, 6.45) is 0. The van der Waals surface area contributed by atoms with Gasteiger partial charge in [-0.2, -0.15) is 0 Å². The number of aliphatic hydroxyl groups excluding tert-OH is 1. The second-order valence-electron chi connectivity index (χ2n) is 4.34. The van der Waals surface area contributed by atoms with Gasteiger partial charge < -0.3 is 15.2 Å². The van der Waals surface area contributed by atoms with Crippen LogP contribution in [-0.4, -0.2) is 30.8 Å². The first-order valence-electron chi connectivity index (χ1n) is 5.34. The summed E-state index contributed by atoms with van der Waals surface area (Å²) >= 11 is 5.84. The monoisotopic (exact) mass is 255 g/mol. The van der Waals surface area contributed by atoms with Crippen LogP contribution in [0.1, 0.15) is 5.56 Å². The van der Waals surface area contributed by atoms with Gasteiger partial charge in [-0.15, -0.1) is 0 Å². The second-order valence-corrected chi connectivity index (χ2v) is 4.78. The molecule has 2 rings (SSSR count). The van der Waals surface area contributed by atoms with E-state index in [1.165, 1.54) is 0 Å². The lowest BCUT2D eigenvalue weighted by molar-refractivity contribution is -0.164. The minimum atomic E-state index is -0.786. The van der Waals surface area contributed by atoms with Crippen molar-refractivity contribution in [1.29, 1.82) is 0 Å².